The molecule has 0 saturated carbocycles. The molecule has 2 aromatic rings. The average molecular weight is 242 g/mol. The number of hydrogen-bond acceptors (Lipinski definition) is 1. The smallest absolute Gasteiger partial charge is 0.123 e. The summed E-state index contributed by atoms with van der Waals surface area (Å²) in [4.78, 5) is 0. The van der Waals surface area contributed by atoms with E-state index in [9.17, 15) is 5.11 Å². The number of aromatic hydroxyl groups is 1. The fraction of sp³-hybridized carbons (Fsp3) is 0.200. The van der Waals surface area contributed by atoms with Crippen LogP contribution in [0.5, 0.6) is 5.75 Å². The largest absolute Gasteiger partial charge is 0.507 e. The van der Waals surface area contributed by atoms with Gasteiger partial charge >= 0.3 is 0 Å². The minimum Gasteiger partial charge on any atom is -0.507 e. The van der Waals surface area contributed by atoms with Crippen LogP contribution in [0.4, 0.5) is 0 Å². The van der Waals surface area contributed by atoms with Gasteiger partial charge in [0.1, 0.15) is 5.75 Å². The summed E-state index contributed by atoms with van der Waals surface area (Å²) in [7, 11) is -1.23. The van der Waals surface area contributed by atoms with Crippen molar-refractivity contribution in [3.05, 3.63) is 48.5 Å². The lowest BCUT2D eigenvalue weighted by atomic mass is 10.1. The zero-order valence-electron chi connectivity index (χ0n) is 10.6. The highest BCUT2D eigenvalue weighted by Crippen LogP contribution is 2.27. The molecule has 88 valence electrons. The minimum absolute atomic E-state index is 0.341. The third-order valence-corrected chi connectivity index (χ3v) is 5.03. The monoisotopic (exact) mass is 242 g/mol. The maximum Gasteiger partial charge on any atom is 0.123 e. The summed E-state index contributed by atoms with van der Waals surface area (Å²) in [6.45, 7) is 7.01. The predicted octanol–water partition coefficient (Wildman–Crippen LogP) is 3.60. The van der Waals surface area contributed by atoms with E-state index in [1.807, 2.05) is 18.2 Å². The Bertz CT molecular complexity index is 509. The SMILES string of the molecule is C[Si](C)(C)c1ccc(-c2ccccc2O)cc1. The van der Waals surface area contributed by atoms with Crippen LogP contribution >= 0.6 is 0 Å². The van der Waals surface area contributed by atoms with Crippen molar-refractivity contribution >= 4 is 13.3 Å². The molecule has 0 unspecified atom stereocenters. The normalized spacial score (nSPS) is 11.5. The summed E-state index contributed by atoms with van der Waals surface area (Å²) in [5.41, 5.74) is 1.97. The second kappa shape index (κ2) is 4.38. The van der Waals surface area contributed by atoms with Crippen LogP contribution in [0.25, 0.3) is 11.1 Å². The molecule has 0 aliphatic carbocycles. The first-order chi connectivity index (χ1) is 7.98. The maximum absolute atomic E-state index is 9.80. The molecule has 1 N–H and O–H groups in total. The number of hydrogen-bond donors (Lipinski definition) is 1. The molecule has 17 heavy (non-hydrogen) atoms. The zero-order valence-corrected chi connectivity index (χ0v) is 11.6. The molecular weight excluding hydrogens is 224 g/mol. The van der Waals surface area contributed by atoms with E-state index in [4.69, 9.17) is 0 Å². The molecule has 0 heterocycles. The van der Waals surface area contributed by atoms with Crippen molar-refractivity contribution in [2.45, 2.75) is 19.6 Å². The third-order valence-electron chi connectivity index (χ3n) is 2.97. The molecule has 0 amide bonds. The van der Waals surface area contributed by atoms with E-state index in [2.05, 4.69) is 43.9 Å². The van der Waals surface area contributed by atoms with E-state index >= 15 is 0 Å². The average Bonchev–Trinajstić information content (AvgIpc) is 2.29. The summed E-state index contributed by atoms with van der Waals surface area (Å²) >= 11 is 0. The molecule has 0 fully saturated rings. The standard InChI is InChI=1S/C15H18OSi/c1-17(2,3)13-10-8-12(9-11-13)14-6-4-5-7-15(14)16/h4-11,16H,1-3H3. The summed E-state index contributed by atoms with van der Waals surface area (Å²) in [5.74, 6) is 0.341. The van der Waals surface area contributed by atoms with Gasteiger partial charge in [0.2, 0.25) is 0 Å². The van der Waals surface area contributed by atoms with Crippen molar-refractivity contribution in [1.82, 2.24) is 0 Å². The molecule has 1 nitrogen and oxygen atoms in total. The van der Waals surface area contributed by atoms with Crippen LogP contribution in [0.1, 0.15) is 0 Å². The van der Waals surface area contributed by atoms with Gasteiger partial charge in [0.15, 0.2) is 0 Å². The maximum atomic E-state index is 9.80. The first-order valence-electron chi connectivity index (χ1n) is 5.87. The van der Waals surface area contributed by atoms with Crippen molar-refractivity contribution in [3.63, 3.8) is 0 Å². The van der Waals surface area contributed by atoms with Crippen LogP contribution in [-0.2, 0) is 0 Å². The fourth-order valence-electron chi connectivity index (χ4n) is 1.87. The van der Waals surface area contributed by atoms with Crippen LogP contribution in [-0.4, -0.2) is 13.2 Å². The lowest BCUT2D eigenvalue weighted by molar-refractivity contribution is 0.477. The van der Waals surface area contributed by atoms with Crippen LogP contribution < -0.4 is 5.19 Å². The van der Waals surface area contributed by atoms with Crippen LogP contribution in [0.3, 0.4) is 0 Å². The van der Waals surface area contributed by atoms with Crippen LogP contribution in [0.15, 0.2) is 48.5 Å². The van der Waals surface area contributed by atoms with Gasteiger partial charge in [0.05, 0.1) is 8.07 Å². The van der Waals surface area contributed by atoms with Crippen molar-refractivity contribution < 1.29 is 5.11 Å². The van der Waals surface area contributed by atoms with Gasteiger partial charge in [-0.2, -0.15) is 0 Å². The van der Waals surface area contributed by atoms with Gasteiger partial charge in [0.25, 0.3) is 0 Å². The summed E-state index contributed by atoms with van der Waals surface area (Å²) < 4.78 is 0. The molecule has 0 atom stereocenters. The van der Waals surface area contributed by atoms with Gasteiger partial charge in [0, 0.05) is 5.56 Å². The highest BCUT2D eigenvalue weighted by atomic mass is 28.3. The molecule has 0 spiro atoms. The Morgan fingerprint density at radius 1 is 0.824 bits per heavy atom. The molecule has 0 saturated heterocycles. The van der Waals surface area contributed by atoms with E-state index in [0.29, 0.717) is 5.75 Å². The van der Waals surface area contributed by atoms with E-state index in [1.54, 1.807) is 6.07 Å². The minimum atomic E-state index is -1.23. The second-order valence-electron chi connectivity index (χ2n) is 5.34. The molecule has 2 rings (SSSR count). The number of para-hydroxylation sites is 1. The summed E-state index contributed by atoms with van der Waals surface area (Å²) in [6, 6.07) is 16.0. The molecule has 0 aromatic heterocycles. The molecule has 2 heteroatoms. The Kier molecular flexibility index (Phi) is 3.07. The highest BCUT2D eigenvalue weighted by Gasteiger charge is 2.15. The predicted molar refractivity (Wildman–Crippen MR) is 76.5 cm³/mol. The number of phenolic OH excluding ortho intramolecular Hbond substituents is 1. The van der Waals surface area contributed by atoms with Gasteiger partial charge in [-0.05, 0) is 11.6 Å². The first kappa shape index (κ1) is 11.9. The molecular formula is C15H18OSi. The van der Waals surface area contributed by atoms with Gasteiger partial charge in [-0.25, -0.2) is 0 Å². The first-order valence-corrected chi connectivity index (χ1v) is 9.37. The molecule has 2 aromatic carbocycles. The van der Waals surface area contributed by atoms with E-state index in [-0.39, 0.29) is 0 Å². The Labute approximate surface area is 104 Å². The van der Waals surface area contributed by atoms with Gasteiger partial charge < -0.3 is 5.11 Å². The summed E-state index contributed by atoms with van der Waals surface area (Å²) in [6.07, 6.45) is 0. The Morgan fingerprint density at radius 2 is 1.41 bits per heavy atom. The Hall–Kier alpha value is -1.54. The zero-order chi connectivity index (χ0) is 12.5. The Balaban J connectivity index is 2.40. The van der Waals surface area contributed by atoms with Crippen LogP contribution in [0, 0.1) is 0 Å². The molecule has 0 aliphatic rings. The van der Waals surface area contributed by atoms with Gasteiger partial charge in [-0.15, -0.1) is 0 Å². The summed E-state index contributed by atoms with van der Waals surface area (Å²) in [5, 5.41) is 11.2. The number of benzene rings is 2. The van der Waals surface area contributed by atoms with Crippen molar-refractivity contribution in [2.75, 3.05) is 0 Å². The molecule has 0 aliphatic heterocycles. The quantitative estimate of drug-likeness (QED) is 0.798. The van der Waals surface area contributed by atoms with E-state index in [0.717, 1.165) is 11.1 Å². The van der Waals surface area contributed by atoms with E-state index in [1.165, 1.54) is 5.19 Å². The van der Waals surface area contributed by atoms with E-state index < -0.39 is 8.07 Å². The lowest BCUT2D eigenvalue weighted by Crippen LogP contribution is -2.37. The Morgan fingerprint density at radius 3 is 1.94 bits per heavy atom. The fourth-order valence-corrected chi connectivity index (χ4v) is 3.03. The topological polar surface area (TPSA) is 20.2 Å². The van der Waals surface area contributed by atoms with Crippen molar-refractivity contribution in [1.29, 1.82) is 0 Å². The van der Waals surface area contributed by atoms with Crippen LogP contribution in [0.2, 0.25) is 19.6 Å². The van der Waals surface area contributed by atoms with Gasteiger partial charge in [-0.1, -0.05) is 67.3 Å². The third kappa shape index (κ3) is 2.59. The highest BCUT2D eigenvalue weighted by molar-refractivity contribution is 6.88. The molecule has 0 radical (unpaired) electrons. The second-order valence-corrected chi connectivity index (χ2v) is 10.4. The van der Waals surface area contributed by atoms with Crippen molar-refractivity contribution in [3.8, 4) is 16.9 Å². The van der Waals surface area contributed by atoms with Gasteiger partial charge in [-0.3, -0.25) is 0 Å². The number of rotatable bonds is 2. The number of phenols is 1. The van der Waals surface area contributed by atoms with Crippen molar-refractivity contribution in [2.24, 2.45) is 0 Å². The lowest BCUT2D eigenvalue weighted by Gasteiger charge is -2.16. The molecule has 0 bridgehead atoms.